The number of terminal acetylenes is 1. The fourth-order valence-corrected chi connectivity index (χ4v) is 0.866. The Morgan fingerprint density at radius 2 is 2.27 bits per heavy atom. The monoisotopic (exact) mass is 152 g/mol. The highest BCUT2D eigenvalue weighted by Crippen LogP contribution is 2.03. The van der Waals surface area contributed by atoms with E-state index >= 15 is 0 Å². The van der Waals surface area contributed by atoms with Crippen molar-refractivity contribution in [2.75, 3.05) is 0 Å². The number of rotatable bonds is 5. The Morgan fingerprint density at radius 1 is 1.55 bits per heavy atom. The van der Waals surface area contributed by atoms with E-state index in [-0.39, 0.29) is 6.10 Å². The number of hydrogen-bond acceptors (Lipinski definition) is 1. The molecule has 0 aromatic carbocycles. The predicted molar refractivity (Wildman–Crippen MR) is 48.1 cm³/mol. The molecule has 0 rings (SSSR count). The zero-order valence-corrected chi connectivity index (χ0v) is 7.09. The van der Waals surface area contributed by atoms with Gasteiger partial charge in [-0.15, -0.1) is 6.42 Å². The van der Waals surface area contributed by atoms with Crippen molar-refractivity contribution in [1.29, 1.82) is 0 Å². The third-order valence-electron chi connectivity index (χ3n) is 1.52. The standard InChI is InChI=1S/C10H16O/c1-3-5-7-9-10(11)8-6-4-2/h2,6,8,10-11H,3,5,7,9H2,1H3/t10-/m1/s1. The van der Waals surface area contributed by atoms with Gasteiger partial charge in [-0.1, -0.05) is 32.1 Å². The summed E-state index contributed by atoms with van der Waals surface area (Å²) >= 11 is 0. The van der Waals surface area contributed by atoms with E-state index < -0.39 is 0 Å². The topological polar surface area (TPSA) is 20.2 Å². The second-order valence-corrected chi connectivity index (χ2v) is 2.59. The summed E-state index contributed by atoms with van der Waals surface area (Å²) in [5, 5.41) is 9.22. The van der Waals surface area contributed by atoms with Crippen LogP contribution in [0.1, 0.15) is 32.6 Å². The number of allylic oxidation sites excluding steroid dienone is 1. The maximum Gasteiger partial charge on any atom is 0.0730 e. The second kappa shape index (κ2) is 7.37. The van der Waals surface area contributed by atoms with E-state index in [1.807, 2.05) is 0 Å². The fourth-order valence-electron chi connectivity index (χ4n) is 0.866. The lowest BCUT2D eigenvalue weighted by Crippen LogP contribution is -2.00. The molecule has 0 bridgehead atoms. The lowest BCUT2D eigenvalue weighted by Gasteiger charge is -2.02. The quantitative estimate of drug-likeness (QED) is 0.472. The average molecular weight is 152 g/mol. The van der Waals surface area contributed by atoms with Gasteiger partial charge in [0, 0.05) is 0 Å². The number of aliphatic hydroxyl groups excluding tert-OH is 1. The first-order chi connectivity index (χ1) is 5.31. The summed E-state index contributed by atoms with van der Waals surface area (Å²) in [7, 11) is 0. The van der Waals surface area contributed by atoms with Crippen molar-refractivity contribution in [3.8, 4) is 12.3 Å². The fraction of sp³-hybridized carbons (Fsp3) is 0.600. The van der Waals surface area contributed by atoms with Crippen LogP contribution in [0.25, 0.3) is 0 Å². The molecule has 0 radical (unpaired) electrons. The van der Waals surface area contributed by atoms with Crippen molar-refractivity contribution in [3.63, 3.8) is 0 Å². The first-order valence-corrected chi connectivity index (χ1v) is 4.12. The predicted octanol–water partition coefficient (Wildman–Crippen LogP) is 2.12. The highest BCUT2D eigenvalue weighted by Gasteiger charge is 1.96. The zero-order chi connectivity index (χ0) is 8.53. The molecule has 0 aromatic rings. The van der Waals surface area contributed by atoms with Crippen LogP contribution in [0.15, 0.2) is 12.2 Å². The molecule has 0 saturated heterocycles. The van der Waals surface area contributed by atoms with E-state index in [2.05, 4.69) is 12.8 Å². The van der Waals surface area contributed by atoms with Crippen LogP contribution in [0, 0.1) is 12.3 Å². The lowest BCUT2D eigenvalue weighted by atomic mass is 10.1. The van der Waals surface area contributed by atoms with Gasteiger partial charge in [0.05, 0.1) is 6.10 Å². The minimum absolute atomic E-state index is 0.349. The Hall–Kier alpha value is -0.740. The van der Waals surface area contributed by atoms with Crippen molar-refractivity contribution in [2.24, 2.45) is 0 Å². The van der Waals surface area contributed by atoms with Gasteiger partial charge in [-0.05, 0) is 18.6 Å². The van der Waals surface area contributed by atoms with Crippen LogP contribution in [0.2, 0.25) is 0 Å². The highest BCUT2D eigenvalue weighted by atomic mass is 16.3. The summed E-state index contributed by atoms with van der Waals surface area (Å²) in [5.74, 6) is 2.35. The lowest BCUT2D eigenvalue weighted by molar-refractivity contribution is 0.208. The van der Waals surface area contributed by atoms with Crippen LogP contribution in [0.5, 0.6) is 0 Å². The van der Waals surface area contributed by atoms with Gasteiger partial charge in [0.2, 0.25) is 0 Å². The summed E-state index contributed by atoms with van der Waals surface area (Å²) in [5.41, 5.74) is 0. The molecule has 0 aliphatic carbocycles. The van der Waals surface area contributed by atoms with E-state index in [1.165, 1.54) is 12.8 Å². The maximum atomic E-state index is 9.22. The Bertz CT molecular complexity index is 141. The molecule has 1 nitrogen and oxygen atoms in total. The van der Waals surface area contributed by atoms with E-state index in [0.717, 1.165) is 12.8 Å². The summed E-state index contributed by atoms with van der Waals surface area (Å²) in [6.45, 7) is 2.14. The Morgan fingerprint density at radius 3 is 2.82 bits per heavy atom. The van der Waals surface area contributed by atoms with E-state index in [0.29, 0.717) is 0 Å². The molecule has 11 heavy (non-hydrogen) atoms. The molecular weight excluding hydrogens is 136 g/mol. The molecule has 1 N–H and O–H groups in total. The Kier molecular flexibility index (Phi) is 6.87. The Labute approximate surface area is 69.1 Å². The van der Waals surface area contributed by atoms with Gasteiger partial charge < -0.3 is 5.11 Å². The number of unbranched alkanes of at least 4 members (excludes halogenated alkanes) is 2. The van der Waals surface area contributed by atoms with Gasteiger partial charge in [0.1, 0.15) is 0 Å². The van der Waals surface area contributed by atoms with Gasteiger partial charge in [0.15, 0.2) is 0 Å². The van der Waals surface area contributed by atoms with Crippen LogP contribution in [0.3, 0.4) is 0 Å². The van der Waals surface area contributed by atoms with E-state index in [9.17, 15) is 5.11 Å². The van der Waals surface area contributed by atoms with Gasteiger partial charge in [0.25, 0.3) is 0 Å². The molecule has 1 heteroatoms. The van der Waals surface area contributed by atoms with Gasteiger partial charge in [-0.2, -0.15) is 0 Å². The number of hydrogen-bond donors (Lipinski definition) is 1. The molecule has 0 aliphatic heterocycles. The molecule has 0 heterocycles. The third kappa shape index (κ3) is 7.15. The molecule has 0 aromatic heterocycles. The second-order valence-electron chi connectivity index (χ2n) is 2.59. The third-order valence-corrected chi connectivity index (χ3v) is 1.52. The van der Waals surface area contributed by atoms with Crippen LogP contribution in [-0.4, -0.2) is 11.2 Å². The van der Waals surface area contributed by atoms with Crippen molar-refractivity contribution >= 4 is 0 Å². The molecule has 0 aliphatic rings. The minimum Gasteiger partial charge on any atom is -0.389 e. The van der Waals surface area contributed by atoms with Crippen molar-refractivity contribution < 1.29 is 5.11 Å². The van der Waals surface area contributed by atoms with E-state index in [1.54, 1.807) is 12.2 Å². The molecule has 0 unspecified atom stereocenters. The smallest absolute Gasteiger partial charge is 0.0730 e. The molecule has 62 valence electrons. The van der Waals surface area contributed by atoms with Gasteiger partial charge in [-0.3, -0.25) is 0 Å². The van der Waals surface area contributed by atoms with Crippen LogP contribution >= 0.6 is 0 Å². The average Bonchev–Trinajstić information content (AvgIpc) is 2.01. The molecular formula is C10H16O. The van der Waals surface area contributed by atoms with Crippen molar-refractivity contribution in [2.45, 2.75) is 38.7 Å². The molecule has 0 saturated carbocycles. The Balaban J connectivity index is 3.31. The molecule has 0 fully saturated rings. The minimum atomic E-state index is -0.349. The maximum absolute atomic E-state index is 9.22. The van der Waals surface area contributed by atoms with Crippen LogP contribution in [0.4, 0.5) is 0 Å². The van der Waals surface area contributed by atoms with Crippen molar-refractivity contribution in [3.05, 3.63) is 12.2 Å². The normalized spacial score (nSPS) is 13.2. The van der Waals surface area contributed by atoms with Gasteiger partial charge >= 0.3 is 0 Å². The molecule has 1 atom stereocenters. The summed E-state index contributed by atoms with van der Waals surface area (Å²) in [4.78, 5) is 0. The van der Waals surface area contributed by atoms with E-state index in [4.69, 9.17) is 6.42 Å². The van der Waals surface area contributed by atoms with Crippen LogP contribution < -0.4 is 0 Å². The highest BCUT2D eigenvalue weighted by molar-refractivity contribution is 5.10. The zero-order valence-electron chi connectivity index (χ0n) is 7.09. The van der Waals surface area contributed by atoms with Crippen molar-refractivity contribution in [1.82, 2.24) is 0 Å². The first kappa shape index (κ1) is 10.3. The first-order valence-electron chi connectivity index (χ1n) is 4.12. The summed E-state index contributed by atoms with van der Waals surface area (Å²) in [6.07, 6.45) is 12.1. The molecule has 0 amide bonds. The number of aliphatic hydroxyl groups is 1. The largest absolute Gasteiger partial charge is 0.389 e. The van der Waals surface area contributed by atoms with Crippen LogP contribution in [-0.2, 0) is 0 Å². The summed E-state index contributed by atoms with van der Waals surface area (Å²) < 4.78 is 0. The van der Waals surface area contributed by atoms with Gasteiger partial charge in [-0.25, -0.2) is 0 Å². The summed E-state index contributed by atoms with van der Waals surface area (Å²) in [6, 6.07) is 0. The SMILES string of the molecule is C#CC=C[C@@H](O)CCCCC. The molecule has 0 spiro atoms.